The van der Waals surface area contributed by atoms with Crippen molar-refractivity contribution in [2.45, 2.75) is 6.04 Å². The van der Waals surface area contributed by atoms with Gasteiger partial charge in [0.2, 0.25) is 0 Å². The Hall–Kier alpha value is -1.81. The maximum absolute atomic E-state index is 11.8. The first-order valence-electron chi connectivity index (χ1n) is 5.03. The number of hydrogen-bond acceptors (Lipinski definition) is 3. The Balaban J connectivity index is 2.40. The fourth-order valence-corrected chi connectivity index (χ4v) is 1.73. The van der Waals surface area contributed by atoms with E-state index in [0.29, 0.717) is 5.02 Å². The molecule has 88 valence electrons. The minimum atomic E-state index is -0.528. The predicted molar refractivity (Wildman–Crippen MR) is 63.8 cm³/mol. The highest BCUT2D eigenvalue weighted by atomic mass is 35.5. The van der Waals surface area contributed by atoms with Gasteiger partial charge in [0.05, 0.1) is 13.4 Å². The Morgan fingerprint density at radius 3 is 2.65 bits per heavy atom. The van der Waals surface area contributed by atoms with Gasteiger partial charge in [-0.05, 0) is 17.7 Å². The summed E-state index contributed by atoms with van der Waals surface area (Å²) in [5.74, 6) is -0.342. The molecule has 1 aromatic heterocycles. The first kappa shape index (κ1) is 11.7. The van der Waals surface area contributed by atoms with Crippen LogP contribution in [0.25, 0.3) is 0 Å². The standard InChI is InChI=1S/C12H11ClN2O2/c1-17-12(16)11(15-7-6-14-8-15)9-2-4-10(13)5-3-9/h2-8,11H,1H3. The number of benzene rings is 1. The zero-order chi connectivity index (χ0) is 12.3. The van der Waals surface area contributed by atoms with Gasteiger partial charge in [0.1, 0.15) is 0 Å². The first-order valence-corrected chi connectivity index (χ1v) is 5.41. The van der Waals surface area contributed by atoms with Crippen LogP contribution in [-0.2, 0) is 9.53 Å². The van der Waals surface area contributed by atoms with E-state index in [4.69, 9.17) is 16.3 Å². The van der Waals surface area contributed by atoms with Crippen LogP contribution in [-0.4, -0.2) is 22.6 Å². The van der Waals surface area contributed by atoms with Crippen molar-refractivity contribution in [3.63, 3.8) is 0 Å². The van der Waals surface area contributed by atoms with E-state index in [9.17, 15) is 4.79 Å². The molecule has 0 aliphatic heterocycles. The summed E-state index contributed by atoms with van der Waals surface area (Å²) < 4.78 is 6.49. The molecule has 17 heavy (non-hydrogen) atoms. The summed E-state index contributed by atoms with van der Waals surface area (Å²) in [5.41, 5.74) is 0.805. The van der Waals surface area contributed by atoms with Crippen LogP contribution in [0.3, 0.4) is 0 Å². The van der Waals surface area contributed by atoms with E-state index in [2.05, 4.69) is 4.98 Å². The summed E-state index contributed by atoms with van der Waals surface area (Å²) >= 11 is 5.82. The van der Waals surface area contributed by atoms with Crippen molar-refractivity contribution < 1.29 is 9.53 Å². The number of nitrogens with zero attached hydrogens (tertiary/aromatic N) is 2. The molecule has 4 nitrogen and oxygen atoms in total. The third kappa shape index (κ3) is 2.47. The average molecular weight is 251 g/mol. The number of rotatable bonds is 3. The zero-order valence-corrected chi connectivity index (χ0v) is 9.96. The summed E-state index contributed by atoms with van der Waals surface area (Å²) in [6.07, 6.45) is 4.91. The number of carbonyl (C=O) groups excluding carboxylic acids is 1. The van der Waals surface area contributed by atoms with Gasteiger partial charge in [-0.25, -0.2) is 9.78 Å². The molecule has 0 radical (unpaired) electrons. The molecule has 1 heterocycles. The summed E-state index contributed by atoms with van der Waals surface area (Å²) in [6.45, 7) is 0. The predicted octanol–water partition coefficient (Wildman–Crippen LogP) is 2.30. The molecule has 2 rings (SSSR count). The second kappa shape index (κ2) is 5.01. The molecule has 0 saturated heterocycles. The van der Waals surface area contributed by atoms with Gasteiger partial charge in [-0.3, -0.25) is 0 Å². The molecule has 0 fully saturated rings. The number of aromatic nitrogens is 2. The highest BCUT2D eigenvalue weighted by Gasteiger charge is 2.22. The number of methoxy groups -OCH3 is 1. The van der Waals surface area contributed by atoms with Crippen LogP contribution in [0.2, 0.25) is 5.02 Å². The van der Waals surface area contributed by atoms with Crippen molar-refractivity contribution in [1.29, 1.82) is 0 Å². The number of ether oxygens (including phenoxy) is 1. The fourth-order valence-electron chi connectivity index (χ4n) is 1.61. The summed E-state index contributed by atoms with van der Waals surface area (Å²) in [7, 11) is 1.36. The third-order valence-corrected chi connectivity index (χ3v) is 2.69. The van der Waals surface area contributed by atoms with Gasteiger partial charge in [0.25, 0.3) is 0 Å². The van der Waals surface area contributed by atoms with Gasteiger partial charge in [-0.2, -0.15) is 0 Å². The van der Waals surface area contributed by atoms with Gasteiger partial charge in [-0.1, -0.05) is 23.7 Å². The van der Waals surface area contributed by atoms with E-state index in [1.54, 1.807) is 47.6 Å². The van der Waals surface area contributed by atoms with E-state index in [-0.39, 0.29) is 5.97 Å². The van der Waals surface area contributed by atoms with Crippen LogP contribution >= 0.6 is 11.6 Å². The van der Waals surface area contributed by atoms with Gasteiger partial charge >= 0.3 is 5.97 Å². The van der Waals surface area contributed by atoms with Crippen LogP contribution < -0.4 is 0 Å². The molecule has 1 unspecified atom stereocenters. The molecule has 0 bridgehead atoms. The van der Waals surface area contributed by atoms with Gasteiger partial charge in [-0.15, -0.1) is 0 Å². The quantitative estimate of drug-likeness (QED) is 0.785. The second-order valence-electron chi connectivity index (χ2n) is 3.49. The lowest BCUT2D eigenvalue weighted by molar-refractivity contribution is -0.143. The lowest BCUT2D eigenvalue weighted by Crippen LogP contribution is -2.20. The SMILES string of the molecule is COC(=O)C(c1ccc(Cl)cc1)n1ccnc1. The van der Waals surface area contributed by atoms with Crippen molar-refractivity contribution in [2.24, 2.45) is 0 Å². The van der Waals surface area contributed by atoms with Crippen molar-refractivity contribution in [2.75, 3.05) is 7.11 Å². The Morgan fingerprint density at radius 1 is 1.41 bits per heavy atom. The Morgan fingerprint density at radius 2 is 2.12 bits per heavy atom. The monoisotopic (exact) mass is 250 g/mol. The average Bonchev–Trinajstić information content (AvgIpc) is 2.85. The van der Waals surface area contributed by atoms with E-state index in [1.807, 2.05) is 0 Å². The van der Waals surface area contributed by atoms with Crippen LogP contribution in [0.1, 0.15) is 11.6 Å². The number of esters is 1. The summed E-state index contributed by atoms with van der Waals surface area (Å²) in [6, 6.07) is 6.54. The molecule has 1 atom stereocenters. The number of halogens is 1. The minimum Gasteiger partial charge on any atom is -0.467 e. The van der Waals surface area contributed by atoms with Crippen molar-refractivity contribution in [1.82, 2.24) is 9.55 Å². The smallest absolute Gasteiger partial charge is 0.333 e. The topological polar surface area (TPSA) is 44.1 Å². The molecule has 1 aromatic carbocycles. The molecule has 0 aliphatic rings. The Bertz CT molecular complexity index is 494. The molecule has 0 spiro atoms. The fraction of sp³-hybridized carbons (Fsp3) is 0.167. The highest BCUT2D eigenvalue weighted by molar-refractivity contribution is 6.30. The highest BCUT2D eigenvalue weighted by Crippen LogP contribution is 2.21. The third-order valence-electron chi connectivity index (χ3n) is 2.43. The largest absolute Gasteiger partial charge is 0.467 e. The minimum absolute atomic E-state index is 0.342. The van der Waals surface area contributed by atoms with Crippen LogP contribution in [0.5, 0.6) is 0 Å². The lowest BCUT2D eigenvalue weighted by atomic mass is 10.1. The first-order chi connectivity index (χ1) is 8.22. The van der Waals surface area contributed by atoms with E-state index in [0.717, 1.165) is 5.56 Å². The van der Waals surface area contributed by atoms with Crippen molar-refractivity contribution >= 4 is 17.6 Å². The number of imidazole rings is 1. The molecule has 0 saturated carbocycles. The van der Waals surface area contributed by atoms with Crippen molar-refractivity contribution in [3.8, 4) is 0 Å². The molecular formula is C12H11ClN2O2. The number of hydrogen-bond donors (Lipinski definition) is 0. The Kier molecular flexibility index (Phi) is 3.44. The molecule has 0 amide bonds. The van der Waals surface area contributed by atoms with E-state index >= 15 is 0 Å². The van der Waals surface area contributed by atoms with E-state index < -0.39 is 6.04 Å². The maximum Gasteiger partial charge on any atom is 0.333 e. The second-order valence-corrected chi connectivity index (χ2v) is 3.92. The summed E-state index contributed by atoms with van der Waals surface area (Å²) in [5, 5.41) is 0.628. The van der Waals surface area contributed by atoms with Crippen LogP contribution in [0, 0.1) is 0 Å². The molecule has 5 heteroatoms. The summed E-state index contributed by atoms with van der Waals surface area (Å²) in [4.78, 5) is 15.7. The zero-order valence-electron chi connectivity index (χ0n) is 9.21. The lowest BCUT2D eigenvalue weighted by Gasteiger charge is -2.16. The van der Waals surface area contributed by atoms with Gasteiger partial charge in [0, 0.05) is 17.4 Å². The normalized spacial score (nSPS) is 12.1. The molecule has 0 aliphatic carbocycles. The maximum atomic E-state index is 11.8. The van der Waals surface area contributed by atoms with Gasteiger partial charge < -0.3 is 9.30 Å². The molecule has 2 aromatic rings. The number of carbonyl (C=O) groups is 1. The Labute approximate surface area is 104 Å². The van der Waals surface area contributed by atoms with Crippen molar-refractivity contribution in [3.05, 3.63) is 53.6 Å². The molecular weight excluding hydrogens is 240 g/mol. The van der Waals surface area contributed by atoms with E-state index in [1.165, 1.54) is 7.11 Å². The molecule has 0 N–H and O–H groups in total. The van der Waals surface area contributed by atoms with Crippen LogP contribution in [0.15, 0.2) is 43.0 Å². The van der Waals surface area contributed by atoms with Crippen LogP contribution in [0.4, 0.5) is 0 Å². The van der Waals surface area contributed by atoms with Gasteiger partial charge in [0.15, 0.2) is 6.04 Å².